The first-order valence-corrected chi connectivity index (χ1v) is 10.1. The average Bonchev–Trinajstić information content (AvgIpc) is 2.67. The Kier molecular flexibility index (Phi) is 15.6. The SMILES string of the molecule is CC/C=C\CC(C(O)CC(C(O)C/C=C\CCCCCC[C]=O)[N+](=O)[O-])[N+](=O)[O-]. The van der Waals surface area contributed by atoms with E-state index in [2.05, 4.69) is 0 Å². The van der Waals surface area contributed by atoms with Crippen molar-refractivity contribution in [2.24, 2.45) is 0 Å². The van der Waals surface area contributed by atoms with Crippen LogP contribution in [0.5, 0.6) is 0 Å². The molecule has 165 valence electrons. The summed E-state index contributed by atoms with van der Waals surface area (Å²) in [6, 6.07) is -2.83. The van der Waals surface area contributed by atoms with Gasteiger partial charge in [-0.05, 0) is 32.1 Å². The summed E-state index contributed by atoms with van der Waals surface area (Å²) in [5, 5.41) is 42.7. The molecule has 4 unspecified atom stereocenters. The fraction of sp³-hybridized carbons (Fsp3) is 0.750. The second-order valence-corrected chi connectivity index (χ2v) is 7.00. The molecule has 9 heteroatoms. The summed E-state index contributed by atoms with van der Waals surface area (Å²) in [7, 11) is 0. The van der Waals surface area contributed by atoms with E-state index >= 15 is 0 Å². The highest BCUT2D eigenvalue weighted by atomic mass is 16.6. The number of nitro groups is 2. The van der Waals surface area contributed by atoms with Gasteiger partial charge in [0.25, 0.3) is 0 Å². The zero-order chi connectivity index (χ0) is 22.1. The molecule has 0 rings (SSSR count). The van der Waals surface area contributed by atoms with Crippen LogP contribution in [0.25, 0.3) is 0 Å². The van der Waals surface area contributed by atoms with Crippen molar-refractivity contribution in [1.29, 1.82) is 0 Å². The lowest BCUT2D eigenvalue weighted by Crippen LogP contribution is -2.42. The Morgan fingerprint density at radius 1 is 0.862 bits per heavy atom. The summed E-state index contributed by atoms with van der Waals surface area (Å²) in [6.45, 7) is 1.87. The second-order valence-electron chi connectivity index (χ2n) is 7.00. The lowest BCUT2D eigenvalue weighted by atomic mass is 9.96. The number of nitrogens with zero attached hydrogens (tertiary/aromatic N) is 2. The highest BCUT2D eigenvalue weighted by Crippen LogP contribution is 2.17. The highest BCUT2D eigenvalue weighted by Gasteiger charge is 2.38. The summed E-state index contributed by atoms with van der Waals surface area (Å²) in [4.78, 5) is 31.2. The Labute approximate surface area is 171 Å². The third-order valence-electron chi connectivity index (χ3n) is 4.64. The number of rotatable bonds is 18. The molecule has 0 fully saturated rings. The summed E-state index contributed by atoms with van der Waals surface area (Å²) >= 11 is 0. The Bertz CT molecular complexity index is 537. The maximum Gasteiger partial charge on any atom is 0.242 e. The lowest BCUT2D eigenvalue weighted by molar-refractivity contribution is -0.553. The summed E-state index contributed by atoms with van der Waals surface area (Å²) in [6.07, 6.45) is 10.9. The molecule has 1 radical (unpaired) electrons. The van der Waals surface area contributed by atoms with Gasteiger partial charge in [0.2, 0.25) is 12.1 Å². The predicted molar refractivity (Wildman–Crippen MR) is 109 cm³/mol. The van der Waals surface area contributed by atoms with Crippen molar-refractivity contribution in [3.8, 4) is 0 Å². The van der Waals surface area contributed by atoms with Crippen molar-refractivity contribution in [3.63, 3.8) is 0 Å². The fourth-order valence-electron chi connectivity index (χ4n) is 2.90. The summed E-state index contributed by atoms with van der Waals surface area (Å²) in [5.74, 6) is 0. The molecule has 0 aromatic carbocycles. The number of aliphatic hydroxyl groups is 2. The minimum Gasteiger partial charge on any atom is -0.386 e. The molecule has 2 N–H and O–H groups in total. The molecule has 0 aromatic heterocycles. The van der Waals surface area contributed by atoms with Gasteiger partial charge in [-0.25, -0.2) is 0 Å². The molecule has 0 aromatic rings. The topological polar surface area (TPSA) is 144 Å². The van der Waals surface area contributed by atoms with Gasteiger partial charge in [0, 0.05) is 22.7 Å². The van der Waals surface area contributed by atoms with Crippen molar-refractivity contribution in [2.75, 3.05) is 0 Å². The van der Waals surface area contributed by atoms with Crippen LogP contribution in [0.3, 0.4) is 0 Å². The summed E-state index contributed by atoms with van der Waals surface area (Å²) < 4.78 is 0. The molecule has 29 heavy (non-hydrogen) atoms. The highest BCUT2D eigenvalue weighted by molar-refractivity contribution is 5.50. The third-order valence-corrected chi connectivity index (χ3v) is 4.64. The number of carbonyl (C=O) groups excluding carboxylic acids is 1. The molecular weight excluding hydrogens is 380 g/mol. The van der Waals surface area contributed by atoms with Crippen LogP contribution >= 0.6 is 0 Å². The Hall–Kier alpha value is -2.13. The van der Waals surface area contributed by atoms with Crippen LogP contribution in [0.1, 0.15) is 71.1 Å². The van der Waals surface area contributed by atoms with E-state index in [0.717, 1.165) is 32.1 Å². The monoisotopic (exact) mass is 413 g/mol. The van der Waals surface area contributed by atoms with Crippen molar-refractivity contribution in [1.82, 2.24) is 0 Å². The Morgan fingerprint density at radius 2 is 1.48 bits per heavy atom. The maximum atomic E-state index is 11.3. The van der Waals surface area contributed by atoms with E-state index in [0.29, 0.717) is 12.8 Å². The number of allylic oxidation sites excluding steroid dienone is 2. The van der Waals surface area contributed by atoms with E-state index in [1.165, 1.54) is 0 Å². The van der Waals surface area contributed by atoms with Crippen LogP contribution in [-0.2, 0) is 4.79 Å². The second kappa shape index (κ2) is 16.8. The van der Waals surface area contributed by atoms with Gasteiger partial charge in [0.15, 0.2) is 6.29 Å². The van der Waals surface area contributed by atoms with Crippen LogP contribution in [-0.4, -0.2) is 50.6 Å². The molecule has 0 saturated heterocycles. The number of aliphatic hydroxyl groups excluding tert-OH is 2. The minimum absolute atomic E-state index is 0.0205. The normalized spacial score (nSPS) is 16.0. The lowest BCUT2D eigenvalue weighted by Gasteiger charge is -2.20. The van der Waals surface area contributed by atoms with E-state index < -0.39 is 40.6 Å². The van der Waals surface area contributed by atoms with E-state index in [9.17, 15) is 35.2 Å². The maximum absolute atomic E-state index is 11.3. The third kappa shape index (κ3) is 12.8. The number of unbranched alkanes of at least 4 members (excludes halogenated alkanes) is 5. The smallest absolute Gasteiger partial charge is 0.242 e. The summed E-state index contributed by atoms with van der Waals surface area (Å²) in [5.41, 5.74) is 0. The van der Waals surface area contributed by atoms with Gasteiger partial charge >= 0.3 is 0 Å². The van der Waals surface area contributed by atoms with Crippen molar-refractivity contribution in [3.05, 3.63) is 44.5 Å². The van der Waals surface area contributed by atoms with E-state index in [-0.39, 0.29) is 12.8 Å². The van der Waals surface area contributed by atoms with Gasteiger partial charge in [0.05, 0.1) is 6.42 Å². The molecule has 0 heterocycles. The molecular formula is C20H33N2O7. The van der Waals surface area contributed by atoms with Gasteiger partial charge < -0.3 is 10.2 Å². The zero-order valence-electron chi connectivity index (χ0n) is 17.0. The first kappa shape index (κ1) is 26.9. The molecule has 9 nitrogen and oxygen atoms in total. The van der Waals surface area contributed by atoms with Crippen LogP contribution in [0.4, 0.5) is 0 Å². The first-order valence-electron chi connectivity index (χ1n) is 10.1. The van der Waals surface area contributed by atoms with Gasteiger partial charge in [0.1, 0.15) is 12.2 Å². The predicted octanol–water partition coefficient (Wildman–Crippen LogP) is 3.14. The largest absolute Gasteiger partial charge is 0.386 e. The number of hydrogen-bond acceptors (Lipinski definition) is 7. The molecule has 0 spiro atoms. The standard InChI is InChI=1S/C20H33N2O7/c1-2-3-10-13-17(21(26)27)20(25)16-18(22(28)29)19(24)14-11-8-6-4-5-7-9-12-15-23/h3,8,10-11,17-20,24-25H,2,4-7,9,12-14,16H2,1H3/b10-3-,11-8-. The van der Waals surface area contributed by atoms with Gasteiger partial charge in [-0.1, -0.05) is 44.1 Å². The zero-order valence-corrected chi connectivity index (χ0v) is 17.0. The molecule has 0 aliphatic rings. The van der Waals surface area contributed by atoms with E-state index in [1.54, 1.807) is 18.2 Å². The van der Waals surface area contributed by atoms with E-state index in [1.807, 2.05) is 19.3 Å². The van der Waals surface area contributed by atoms with E-state index in [4.69, 9.17) is 0 Å². The molecule has 0 amide bonds. The number of hydrogen-bond donors (Lipinski definition) is 2. The Balaban J connectivity index is 4.53. The van der Waals surface area contributed by atoms with Crippen LogP contribution in [0.15, 0.2) is 24.3 Å². The molecule has 0 aliphatic heterocycles. The van der Waals surface area contributed by atoms with Gasteiger partial charge in [-0.15, -0.1) is 0 Å². The molecule has 0 aliphatic carbocycles. The van der Waals surface area contributed by atoms with Crippen molar-refractivity contribution < 1.29 is 24.9 Å². The quantitative estimate of drug-likeness (QED) is 0.152. The molecule has 0 saturated carbocycles. The van der Waals surface area contributed by atoms with Gasteiger partial charge in [-0.2, -0.15) is 0 Å². The fourth-order valence-corrected chi connectivity index (χ4v) is 2.90. The van der Waals surface area contributed by atoms with Crippen molar-refractivity contribution >= 4 is 6.29 Å². The molecule has 4 atom stereocenters. The van der Waals surface area contributed by atoms with Gasteiger partial charge in [-0.3, -0.25) is 25.0 Å². The Morgan fingerprint density at radius 3 is 2.07 bits per heavy atom. The molecule has 0 bridgehead atoms. The van der Waals surface area contributed by atoms with Crippen molar-refractivity contribution in [2.45, 2.75) is 95.4 Å². The van der Waals surface area contributed by atoms with Crippen LogP contribution in [0.2, 0.25) is 0 Å². The van der Waals surface area contributed by atoms with Crippen LogP contribution < -0.4 is 0 Å². The van der Waals surface area contributed by atoms with Crippen LogP contribution in [0, 0.1) is 20.2 Å². The first-order chi connectivity index (χ1) is 13.8. The minimum atomic E-state index is -1.52. The average molecular weight is 413 g/mol.